The molecule has 0 aliphatic rings. The fourth-order valence-corrected chi connectivity index (χ4v) is 2.41. The standard InChI is InChI=1S/C8H10BrN5S/c1-2-14-8(5(9)3-11-14)7(10)6-4-15-13-12-6/h3-4,7H,2,10H2,1H3. The third-order valence-corrected chi connectivity index (χ3v) is 3.26. The lowest BCUT2D eigenvalue weighted by atomic mass is 10.2. The van der Waals surface area contributed by atoms with E-state index in [1.807, 2.05) is 17.0 Å². The van der Waals surface area contributed by atoms with Gasteiger partial charge in [0, 0.05) is 11.9 Å². The smallest absolute Gasteiger partial charge is 0.0984 e. The maximum atomic E-state index is 6.10. The molecule has 0 bridgehead atoms. The number of aryl methyl sites for hydroxylation is 1. The number of rotatable bonds is 3. The summed E-state index contributed by atoms with van der Waals surface area (Å²) in [5.41, 5.74) is 7.81. The van der Waals surface area contributed by atoms with Crippen LogP contribution in [0.5, 0.6) is 0 Å². The quantitative estimate of drug-likeness (QED) is 0.930. The number of hydrogen-bond acceptors (Lipinski definition) is 5. The molecule has 7 heteroatoms. The second-order valence-corrected chi connectivity index (χ2v) is 4.47. The van der Waals surface area contributed by atoms with E-state index in [0.29, 0.717) is 0 Å². The molecule has 1 atom stereocenters. The predicted octanol–water partition coefficient (Wildman–Crippen LogP) is 1.57. The van der Waals surface area contributed by atoms with Crippen LogP contribution in [0.2, 0.25) is 0 Å². The first-order valence-electron chi connectivity index (χ1n) is 4.47. The maximum Gasteiger partial charge on any atom is 0.0984 e. The first kappa shape index (κ1) is 10.7. The molecule has 0 spiro atoms. The molecule has 5 nitrogen and oxygen atoms in total. The van der Waals surface area contributed by atoms with Crippen LogP contribution in [0.15, 0.2) is 16.0 Å². The molecule has 0 aromatic carbocycles. The molecule has 2 rings (SSSR count). The number of nitrogens with zero attached hydrogens (tertiary/aromatic N) is 4. The van der Waals surface area contributed by atoms with Crippen molar-refractivity contribution in [3.8, 4) is 0 Å². The first-order valence-corrected chi connectivity index (χ1v) is 6.10. The minimum absolute atomic E-state index is 0.277. The number of aromatic nitrogens is 4. The Kier molecular flexibility index (Phi) is 3.13. The van der Waals surface area contributed by atoms with E-state index in [9.17, 15) is 0 Å². The van der Waals surface area contributed by atoms with Gasteiger partial charge in [-0.2, -0.15) is 5.10 Å². The van der Waals surface area contributed by atoms with E-state index in [4.69, 9.17) is 5.73 Å². The van der Waals surface area contributed by atoms with E-state index in [1.54, 1.807) is 6.20 Å². The van der Waals surface area contributed by atoms with Crippen molar-refractivity contribution in [3.63, 3.8) is 0 Å². The third-order valence-electron chi connectivity index (χ3n) is 2.12. The molecule has 0 radical (unpaired) electrons. The van der Waals surface area contributed by atoms with Crippen molar-refractivity contribution >= 4 is 27.5 Å². The molecule has 0 aliphatic carbocycles. The summed E-state index contributed by atoms with van der Waals surface area (Å²) in [5.74, 6) is 0. The molecule has 0 aliphatic heterocycles. The van der Waals surface area contributed by atoms with Crippen molar-refractivity contribution in [3.05, 3.63) is 27.4 Å². The predicted molar refractivity (Wildman–Crippen MR) is 61.5 cm³/mol. The van der Waals surface area contributed by atoms with Crippen LogP contribution in [0.3, 0.4) is 0 Å². The molecule has 2 aromatic rings. The van der Waals surface area contributed by atoms with Crippen molar-refractivity contribution in [2.24, 2.45) is 5.73 Å². The minimum Gasteiger partial charge on any atom is -0.318 e. The van der Waals surface area contributed by atoms with Crippen molar-refractivity contribution in [2.75, 3.05) is 0 Å². The van der Waals surface area contributed by atoms with Crippen LogP contribution in [0, 0.1) is 0 Å². The van der Waals surface area contributed by atoms with Gasteiger partial charge >= 0.3 is 0 Å². The van der Waals surface area contributed by atoms with Crippen LogP contribution < -0.4 is 5.73 Å². The zero-order valence-electron chi connectivity index (χ0n) is 8.09. The van der Waals surface area contributed by atoms with E-state index in [1.165, 1.54) is 11.5 Å². The molecule has 0 saturated heterocycles. The van der Waals surface area contributed by atoms with Crippen LogP contribution in [-0.2, 0) is 6.54 Å². The molecule has 80 valence electrons. The van der Waals surface area contributed by atoms with Crippen LogP contribution in [0.4, 0.5) is 0 Å². The largest absolute Gasteiger partial charge is 0.318 e. The zero-order valence-corrected chi connectivity index (χ0v) is 10.5. The maximum absolute atomic E-state index is 6.10. The van der Waals surface area contributed by atoms with Crippen molar-refractivity contribution in [1.82, 2.24) is 19.4 Å². The van der Waals surface area contributed by atoms with E-state index >= 15 is 0 Å². The van der Waals surface area contributed by atoms with Gasteiger partial charge in [-0.3, -0.25) is 4.68 Å². The van der Waals surface area contributed by atoms with Crippen molar-refractivity contribution in [2.45, 2.75) is 19.5 Å². The number of nitrogens with two attached hydrogens (primary N) is 1. The molecule has 2 N–H and O–H groups in total. The van der Waals surface area contributed by atoms with Gasteiger partial charge in [-0.15, -0.1) is 5.10 Å². The van der Waals surface area contributed by atoms with Crippen molar-refractivity contribution in [1.29, 1.82) is 0 Å². The van der Waals surface area contributed by atoms with E-state index in [2.05, 4.69) is 30.6 Å². The van der Waals surface area contributed by atoms with Crippen LogP contribution in [-0.4, -0.2) is 19.4 Å². The summed E-state index contributed by atoms with van der Waals surface area (Å²) in [6, 6.07) is -0.277. The molecule has 2 heterocycles. The summed E-state index contributed by atoms with van der Waals surface area (Å²) in [7, 11) is 0. The molecule has 0 fully saturated rings. The third kappa shape index (κ3) is 1.95. The van der Waals surface area contributed by atoms with E-state index in [0.717, 1.165) is 22.4 Å². The fraction of sp³-hybridized carbons (Fsp3) is 0.375. The second-order valence-electron chi connectivity index (χ2n) is 3.00. The normalized spacial score (nSPS) is 13.0. The van der Waals surface area contributed by atoms with Gasteiger partial charge in [-0.25, -0.2) is 0 Å². The van der Waals surface area contributed by atoms with Gasteiger partial charge < -0.3 is 5.73 Å². The fourth-order valence-electron chi connectivity index (χ4n) is 1.38. The average molecular weight is 288 g/mol. The molecular weight excluding hydrogens is 278 g/mol. The lowest BCUT2D eigenvalue weighted by Crippen LogP contribution is -2.18. The lowest BCUT2D eigenvalue weighted by molar-refractivity contribution is 0.594. The summed E-state index contributed by atoms with van der Waals surface area (Å²) in [6.07, 6.45) is 1.75. The van der Waals surface area contributed by atoms with Gasteiger partial charge in [0.2, 0.25) is 0 Å². The molecular formula is C8H10BrN5S. The topological polar surface area (TPSA) is 69.6 Å². The molecule has 2 aromatic heterocycles. The van der Waals surface area contributed by atoms with Gasteiger partial charge in [0.15, 0.2) is 0 Å². The molecule has 15 heavy (non-hydrogen) atoms. The van der Waals surface area contributed by atoms with Gasteiger partial charge in [0.05, 0.1) is 28.1 Å². The Morgan fingerprint density at radius 1 is 1.67 bits per heavy atom. The van der Waals surface area contributed by atoms with E-state index < -0.39 is 0 Å². The van der Waals surface area contributed by atoms with Crippen LogP contribution in [0.25, 0.3) is 0 Å². The molecule has 0 saturated carbocycles. The molecule has 0 amide bonds. The van der Waals surface area contributed by atoms with Gasteiger partial charge in [0.1, 0.15) is 0 Å². The highest BCUT2D eigenvalue weighted by atomic mass is 79.9. The average Bonchev–Trinajstić information content (AvgIpc) is 2.85. The SMILES string of the molecule is CCn1ncc(Br)c1C(N)c1csnn1. The Morgan fingerprint density at radius 2 is 2.47 bits per heavy atom. The highest BCUT2D eigenvalue weighted by Gasteiger charge is 2.19. The van der Waals surface area contributed by atoms with Gasteiger partial charge in [-0.1, -0.05) is 4.49 Å². The van der Waals surface area contributed by atoms with Crippen molar-refractivity contribution < 1.29 is 0 Å². The summed E-state index contributed by atoms with van der Waals surface area (Å²) in [4.78, 5) is 0. The zero-order chi connectivity index (χ0) is 10.8. The summed E-state index contributed by atoms with van der Waals surface area (Å²) >= 11 is 4.73. The van der Waals surface area contributed by atoms with Gasteiger partial charge in [0.25, 0.3) is 0 Å². The molecule has 1 unspecified atom stereocenters. The second kappa shape index (κ2) is 4.38. The highest BCUT2D eigenvalue weighted by molar-refractivity contribution is 9.10. The number of halogens is 1. The van der Waals surface area contributed by atoms with E-state index in [-0.39, 0.29) is 6.04 Å². The summed E-state index contributed by atoms with van der Waals surface area (Å²) < 4.78 is 6.57. The first-order chi connectivity index (χ1) is 7.24. The monoisotopic (exact) mass is 287 g/mol. The van der Waals surface area contributed by atoms with Gasteiger partial charge in [-0.05, 0) is 34.4 Å². The van der Waals surface area contributed by atoms with Crippen LogP contribution >= 0.6 is 27.5 Å². The van der Waals surface area contributed by atoms with Crippen LogP contribution in [0.1, 0.15) is 24.4 Å². The lowest BCUT2D eigenvalue weighted by Gasteiger charge is -2.11. The number of hydrogen-bond donors (Lipinski definition) is 1. The Balaban J connectivity index is 2.40. The Hall–Kier alpha value is -0.790. The minimum atomic E-state index is -0.277. The summed E-state index contributed by atoms with van der Waals surface area (Å²) in [5, 5.41) is 10.0. The Labute approximate surface area is 99.6 Å². The summed E-state index contributed by atoms with van der Waals surface area (Å²) in [6.45, 7) is 2.81. The highest BCUT2D eigenvalue weighted by Crippen LogP contribution is 2.25. The Morgan fingerprint density at radius 3 is 3.07 bits per heavy atom. The Bertz CT molecular complexity index is 438.